The molecule has 110 valence electrons. The quantitative estimate of drug-likeness (QED) is 0.645. The number of ketones is 1. The summed E-state index contributed by atoms with van der Waals surface area (Å²) in [5.41, 5.74) is 8.63. The van der Waals surface area contributed by atoms with E-state index in [1.54, 1.807) is 24.3 Å². The van der Waals surface area contributed by atoms with Gasteiger partial charge in [-0.25, -0.2) is 0 Å². The van der Waals surface area contributed by atoms with Crippen LogP contribution in [0.3, 0.4) is 0 Å². The SMILES string of the molecule is CCCOc1ccc(C(=O)c2ccc(N)c(C)c2)cc1Br. The van der Waals surface area contributed by atoms with E-state index in [4.69, 9.17) is 10.5 Å². The zero-order valence-corrected chi connectivity index (χ0v) is 13.7. The predicted molar refractivity (Wildman–Crippen MR) is 89.0 cm³/mol. The van der Waals surface area contributed by atoms with E-state index in [2.05, 4.69) is 22.9 Å². The summed E-state index contributed by atoms with van der Waals surface area (Å²) in [5, 5.41) is 0. The molecule has 0 heterocycles. The minimum Gasteiger partial charge on any atom is -0.492 e. The molecule has 0 aromatic heterocycles. The van der Waals surface area contributed by atoms with Crippen LogP contribution in [-0.4, -0.2) is 12.4 Å². The van der Waals surface area contributed by atoms with Gasteiger partial charge in [-0.1, -0.05) is 6.92 Å². The molecule has 2 N–H and O–H groups in total. The molecule has 0 unspecified atom stereocenters. The summed E-state index contributed by atoms with van der Waals surface area (Å²) in [6, 6.07) is 10.7. The van der Waals surface area contributed by atoms with Gasteiger partial charge in [0.25, 0.3) is 0 Å². The fourth-order valence-electron chi connectivity index (χ4n) is 1.95. The number of carbonyl (C=O) groups excluding carboxylic acids is 1. The Morgan fingerprint density at radius 1 is 1.19 bits per heavy atom. The number of benzene rings is 2. The van der Waals surface area contributed by atoms with E-state index >= 15 is 0 Å². The molecule has 2 rings (SSSR count). The van der Waals surface area contributed by atoms with Crippen molar-refractivity contribution in [1.29, 1.82) is 0 Å². The molecule has 0 atom stereocenters. The van der Waals surface area contributed by atoms with Crippen LogP contribution in [0.15, 0.2) is 40.9 Å². The molecule has 0 aliphatic rings. The van der Waals surface area contributed by atoms with Crippen LogP contribution < -0.4 is 10.5 Å². The summed E-state index contributed by atoms with van der Waals surface area (Å²) in [5.74, 6) is 0.725. The molecule has 0 saturated carbocycles. The Hall–Kier alpha value is -1.81. The molecule has 0 fully saturated rings. The van der Waals surface area contributed by atoms with Crippen LogP contribution >= 0.6 is 15.9 Å². The lowest BCUT2D eigenvalue weighted by Crippen LogP contribution is -2.03. The first-order valence-corrected chi connectivity index (χ1v) is 7.65. The maximum absolute atomic E-state index is 12.5. The van der Waals surface area contributed by atoms with Gasteiger partial charge in [0.05, 0.1) is 11.1 Å². The molecule has 0 radical (unpaired) electrons. The van der Waals surface area contributed by atoms with E-state index < -0.39 is 0 Å². The first-order valence-electron chi connectivity index (χ1n) is 6.86. The summed E-state index contributed by atoms with van der Waals surface area (Å²) in [7, 11) is 0. The first kappa shape index (κ1) is 15.6. The topological polar surface area (TPSA) is 52.3 Å². The number of rotatable bonds is 5. The number of hydrogen-bond acceptors (Lipinski definition) is 3. The third-order valence-electron chi connectivity index (χ3n) is 3.19. The van der Waals surface area contributed by atoms with Gasteiger partial charge < -0.3 is 10.5 Å². The van der Waals surface area contributed by atoms with E-state index in [1.807, 2.05) is 19.1 Å². The fraction of sp³-hybridized carbons (Fsp3) is 0.235. The summed E-state index contributed by atoms with van der Waals surface area (Å²) in [6.07, 6.45) is 0.942. The predicted octanol–water partition coefficient (Wildman–Crippen LogP) is 4.36. The zero-order chi connectivity index (χ0) is 15.4. The number of hydrogen-bond donors (Lipinski definition) is 1. The van der Waals surface area contributed by atoms with Gasteiger partial charge in [-0.05, 0) is 71.2 Å². The molecule has 0 bridgehead atoms. The maximum Gasteiger partial charge on any atom is 0.193 e. The number of halogens is 1. The highest BCUT2D eigenvalue weighted by molar-refractivity contribution is 9.10. The molecule has 21 heavy (non-hydrogen) atoms. The summed E-state index contributed by atoms with van der Waals surface area (Å²) < 4.78 is 6.37. The highest BCUT2D eigenvalue weighted by Gasteiger charge is 2.12. The van der Waals surface area contributed by atoms with Crippen molar-refractivity contribution < 1.29 is 9.53 Å². The Morgan fingerprint density at radius 2 is 1.86 bits per heavy atom. The molecule has 0 aliphatic heterocycles. The lowest BCUT2D eigenvalue weighted by Gasteiger charge is -2.09. The molecule has 4 heteroatoms. The molecule has 0 saturated heterocycles. The highest BCUT2D eigenvalue weighted by Crippen LogP contribution is 2.27. The van der Waals surface area contributed by atoms with Crippen molar-refractivity contribution in [3.8, 4) is 5.75 Å². The highest BCUT2D eigenvalue weighted by atomic mass is 79.9. The van der Waals surface area contributed by atoms with Gasteiger partial charge in [-0.3, -0.25) is 4.79 Å². The van der Waals surface area contributed by atoms with Crippen LogP contribution in [0.1, 0.15) is 34.8 Å². The number of nitrogen functional groups attached to an aromatic ring is 1. The van der Waals surface area contributed by atoms with Crippen LogP contribution in [0.25, 0.3) is 0 Å². The summed E-state index contributed by atoms with van der Waals surface area (Å²) in [6.45, 7) is 4.60. The second-order valence-electron chi connectivity index (χ2n) is 4.89. The molecule has 0 aliphatic carbocycles. The Bertz CT molecular complexity index is 668. The number of carbonyl (C=O) groups is 1. The van der Waals surface area contributed by atoms with Crippen LogP contribution in [-0.2, 0) is 0 Å². The van der Waals surface area contributed by atoms with Gasteiger partial charge in [0.1, 0.15) is 5.75 Å². The van der Waals surface area contributed by atoms with Crippen LogP contribution in [0, 0.1) is 6.92 Å². The maximum atomic E-state index is 12.5. The molecule has 2 aromatic rings. The second kappa shape index (κ2) is 6.76. The van der Waals surface area contributed by atoms with Crippen molar-refractivity contribution in [3.05, 3.63) is 57.6 Å². The lowest BCUT2D eigenvalue weighted by atomic mass is 10.0. The molecule has 0 spiro atoms. The standard InChI is InChI=1S/C17H18BrNO2/c1-3-8-21-16-7-5-13(10-14(16)18)17(20)12-4-6-15(19)11(2)9-12/h4-7,9-10H,3,8,19H2,1-2H3. The third-order valence-corrected chi connectivity index (χ3v) is 3.81. The van der Waals surface area contributed by atoms with E-state index in [0.29, 0.717) is 23.4 Å². The van der Waals surface area contributed by atoms with Gasteiger partial charge >= 0.3 is 0 Å². The average molecular weight is 348 g/mol. The van der Waals surface area contributed by atoms with E-state index in [-0.39, 0.29) is 5.78 Å². The number of anilines is 1. The van der Waals surface area contributed by atoms with Crippen molar-refractivity contribution >= 4 is 27.4 Å². The average Bonchev–Trinajstić information content (AvgIpc) is 2.48. The van der Waals surface area contributed by atoms with Crippen molar-refractivity contribution in [2.24, 2.45) is 0 Å². The van der Waals surface area contributed by atoms with Gasteiger partial charge in [-0.2, -0.15) is 0 Å². The van der Waals surface area contributed by atoms with Crippen LogP contribution in [0.5, 0.6) is 5.75 Å². The Balaban J connectivity index is 2.27. The van der Waals surface area contributed by atoms with Crippen molar-refractivity contribution in [2.75, 3.05) is 12.3 Å². The van der Waals surface area contributed by atoms with Crippen molar-refractivity contribution in [2.45, 2.75) is 20.3 Å². The second-order valence-corrected chi connectivity index (χ2v) is 5.75. The molecule has 2 aromatic carbocycles. The van der Waals surface area contributed by atoms with Crippen LogP contribution in [0.2, 0.25) is 0 Å². The normalized spacial score (nSPS) is 10.4. The largest absolute Gasteiger partial charge is 0.492 e. The Kier molecular flexibility index (Phi) is 5.02. The molecular formula is C17H18BrNO2. The van der Waals surface area contributed by atoms with Crippen molar-refractivity contribution in [1.82, 2.24) is 0 Å². The Labute approximate surface area is 133 Å². The van der Waals surface area contributed by atoms with Gasteiger partial charge in [0, 0.05) is 16.8 Å². The summed E-state index contributed by atoms with van der Waals surface area (Å²) >= 11 is 3.45. The zero-order valence-electron chi connectivity index (χ0n) is 12.2. The third kappa shape index (κ3) is 3.64. The molecule has 0 amide bonds. The van der Waals surface area contributed by atoms with Gasteiger partial charge in [0.2, 0.25) is 0 Å². The first-order chi connectivity index (χ1) is 10.0. The van der Waals surface area contributed by atoms with Crippen molar-refractivity contribution in [3.63, 3.8) is 0 Å². The number of ether oxygens (including phenoxy) is 1. The monoisotopic (exact) mass is 347 g/mol. The van der Waals surface area contributed by atoms with E-state index in [1.165, 1.54) is 0 Å². The smallest absolute Gasteiger partial charge is 0.193 e. The number of nitrogens with two attached hydrogens (primary N) is 1. The summed E-state index contributed by atoms with van der Waals surface area (Å²) in [4.78, 5) is 12.5. The minimum absolute atomic E-state index is 0.0270. The number of aryl methyl sites for hydroxylation is 1. The minimum atomic E-state index is -0.0270. The molecule has 3 nitrogen and oxygen atoms in total. The fourth-order valence-corrected chi connectivity index (χ4v) is 2.45. The lowest BCUT2D eigenvalue weighted by molar-refractivity contribution is 0.103. The van der Waals surface area contributed by atoms with Gasteiger partial charge in [-0.15, -0.1) is 0 Å². The van der Waals surface area contributed by atoms with Crippen LogP contribution in [0.4, 0.5) is 5.69 Å². The van der Waals surface area contributed by atoms with E-state index in [9.17, 15) is 4.79 Å². The van der Waals surface area contributed by atoms with E-state index in [0.717, 1.165) is 22.2 Å². The Morgan fingerprint density at radius 3 is 2.48 bits per heavy atom. The van der Waals surface area contributed by atoms with Gasteiger partial charge in [0.15, 0.2) is 5.78 Å². The molecular weight excluding hydrogens is 330 g/mol.